The molecule has 11 nitrogen and oxygen atoms in total. The van der Waals surface area contributed by atoms with Crippen molar-refractivity contribution < 1.29 is 38.2 Å². The zero-order valence-corrected chi connectivity index (χ0v) is 19.1. The monoisotopic (exact) mass is 462 g/mol. The van der Waals surface area contributed by atoms with E-state index in [0.717, 1.165) is 11.0 Å². The second-order valence-electron chi connectivity index (χ2n) is 6.67. The van der Waals surface area contributed by atoms with E-state index in [0.29, 0.717) is 17.1 Å². The van der Waals surface area contributed by atoms with Gasteiger partial charge in [-0.1, -0.05) is 0 Å². The van der Waals surface area contributed by atoms with E-state index in [2.05, 4.69) is 0 Å². The standard InChI is InChI=1S/C22H26N2O9/c1-6-33-20-10-17(18(24(27)28)11-19(20)31-4)22(26)23(13-21(25)32-5)12-14-7-15(29-2)9-16(8-14)30-3/h7-11H,6,12-13H2,1-5H3. The van der Waals surface area contributed by atoms with Crippen LogP contribution in [0.25, 0.3) is 0 Å². The van der Waals surface area contributed by atoms with Crippen molar-refractivity contribution in [2.24, 2.45) is 0 Å². The Balaban J connectivity index is 2.56. The molecule has 0 heterocycles. The molecule has 2 rings (SSSR count). The number of carbonyl (C=O) groups excluding carboxylic acids is 2. The molecule has 0 saturated heterocycles. The number of hydrogen-bond acceptors (Lipinski definition) is 9. The van der Waals surface area contributed by atoms with Gasteiger partial charge in [-0.2, -0.15) is 0 Å². The van der Waals surface area contributed by atoms with E-state index in [1.54, 1.807) is 25.1 Å². The largest absolute Gasteiger partial charge is 0.497 e. The summed E-state index contributed by atoms with van der Waals surface area (Å²) in [5.41, 5.74) is -0.175. The molecule has 0 atom stereocenters. The van der Waals surface area contributed by atoms with Gasteiger partial charge in [0.2, 0.25) is 0 Å². The summed E-state index contributed by atoms with van der Waals surface area (Å²) < 4.78 is 25.8. The number of hydrogen-bond donors (Lipinski definition) is 0. The fraction of sp³-hybridized carbons (Fsp3) is 0.364. The second-order valence-corrected chi connectivity index (χ2v) is 6.67. The van der Waals surface area contributed by atoms with E-state index < -0.39 is 29.0 Å². The lowest BCUT2D eigenvalue weighted by Crippen LogP contribution is -2.36. The smallest absolute Gasteiger partial charge is 0.325 e. The fourth-order valence-electron chi connectivity index (χ4n) is 3.07. The van der Waals surface area contributed by atoms with Gasteiger partial charge in [-0.05, 0) is 24.6 Å². The maximum atomic E-state index is 13.4. The molecule has 0 aliphatic rings. The lowest BCUT2D eigenvalue weighted by atomic mass is 10.1. The van der Waals surface area contributed by atoms with Crippen molar-refractivity contribution in [3.8, 4) is 23.0 Å². The fourth-order valence-corrected chi connectivity index (χ4v) is 3.07. The predicted octanol–water partition coefficient (Wildman–Crippen LogP) is 2.83. The number of nitro groups is 1. The van der Waals surface area contributed by atoms with Gasteiger partial charge in [0, 0.05) is 18.7 Å². The van der Waals surface area contributed by atoms with Crippen LogP contribution in [-0.4, -0.2) is 63.3 Å². The molecule has 2 aromatic carbocycles. The van der Waals surface area contributed by atoms with Gasteiger partial charge in [0.1, 0.15) is 23.6 Å². The summed E-state index contributed by atoms with van der Waals surface area (Å²) in [5.74, 6) is -0.239. The minimum Gasteiger partial charge on any atom is -0.497 e. The van der Waals surface area contributed by atoms with Gasteiger partial charge in [0.15, 0.2) is 11.5 Å². The van der Waals surface area contributed by atoms with E-state index in [1.807, 2.05) is 0 Å². The summed E-state index contributed by atoms with van der Waals surface area (Å²) in [6.07, 6.45) is 0. The molecule has 178 valence electrons. The zero-order valence-electron chi connectivity index (χ0n) is 19.1. The van der Waals surface area contributed by atoms with Gasteiger partial charge in [-0.3, -0.25) is 19.7 Å². The lowest BCUT2D eigenvalue weighted by Gasteiger charge is -2.23. The number of benzene rings is 2. The highest BCUT2D eigenvalue weighted by molar-refractivity contribution is 6.00. The summed E-state index contributed by atoms with van der Waals surface area (Å²) in [6.45, 7) is 1.45. The van der Waals surface area contributed by atoms with Crippen LogP contribution >= 0.6 is 0 Å². The summed E-state index contributed by atoms with van der Waals surface area (Å²) in [6, 6.07) is 7.32. The van der Waals surface area contributed by atoms with Gasteiger partial charge in [0.05, 0.1) is 46.0 Å². The molecule has 1 amide bonds. The number of ether oxygens (including phenoxy) is 5. The van der Waals surface area contributed by atoms with Gasteiger partial charge in [0.25, 0.3) is 11.6 Å². The first kappa shape index (κ1) is 25.2. The average molecular weight is 462 g/mol. The van der Waals surface area contributed by atoms with Crippen molar-refractivity contribution >= 4 is 17.6 Å². The molecular weight excluding hydrogens is 436 g/mol. The number of methoxy groups -OCH3 is 4. The Morgan fingerprint density at radius 2 is 1.58 bits per heavy atom. The maximum Gasteiger partial charge on any atom is 0.325 e. The minimum absolute atomic E-state index is 0.0748. The molecule has 0 aliphatic heterocycles. The van der Waals surface area contributed by atoms with Crippen LogP contribution in [-0.2, 0) is 16.1 Å². The predicted molar refractivity (Wildman–Crippen MR) is 117 cm³/mol. The Bertz CT molecular complexity index is 1000. The SMILES string of the molecule is CCOc1cc(C(=O)N(CC(=O)OC)Cc2cc(OC)cc(OC)c2)c([N+](=O)[O-])cc1OC. The van der Waals surface area contributed by atoms with Crippen LogP contribution in [0.4, 0.5) is 5.69 Å². The number of nitro benzene ring substituents is 1. The summed E-state index contributed by atoms with van der Waals surface area (Å²) in [7, 11) is 5.48. The molecule has 0 N–H and O–H groups in total. The van der Waals surface area contributed by atoms with Crippen LogP contribution in [0.1, 0.15) is 22.8 Å². The van der Waals surface area contributed by atoms with Gasteiger partial charge < -0.3 is 28.6 Å². The van der Waals surface area contributed by atoms with Crippen molar-refractivity contribution in [3.63, 3.8) is 0 Å². The summed E-state index contributed by atoms with van der Waals surface area (Å²) in [5, 5.41) is 11.7. The van der Waals surface area contributed by atoms with Crippen LogP contribution in [0.3, 0.4) is 0 Å². The highest BCUT2D eigenvalue weighted by Gasteiger charge is 2.29. The third-order valence-corrected chi connectivity index (χ3v) is 4.63. The molecule has 33 heavy (non-hydrogen) atoms. The van der Waals surface area contributed by atoms with Crippen LogP contribution < -0.4 is 18.9 Å². The minimum atomic E-state index is -0.766. The molecule has 0 fully saturated rings. The van der Waals surface area contributed by atoms with E-state index in [4.69, 9.17) is 23.7 Å². The van der Waals surface area contributed by atoms with Gasteiger partial charge >= 0.3 is 5.97 Å². The third kappa shape index (κ3) is 6.25. The van der Waals surface area contributed by atoms with Crippen molar-refractivity contribution in [3.05, 3.63) is 51.6 Å². The number of amides is 1. The Labute approximate surface area is 190 Å². The van der Waals surface area contributed by atoms with Gasteiger partial charge in [-0.15, -0.1) is 0 Å². The van der Waals surface area contributed by atoms with Crippen LogP contribution in [0.5, 0.6) is 23.0 Å². The zero-order chi connectivity index (χ0) is 24.5. The summed E-state index contributed by atoms with van der Waals surface area (Å²) >= 11 is 0. The number of carbonyl (C=O) groups is 2. The first-order valence-corrected chi connectivity index (χ1v) is 9.85. The van der Waals surface area contributed by atoms with E-state index in [-0.39, 0.29) is 30.2 Å². The molecule has 0 aromatic heterocycles. The second kappa shape index (κ2) is 11.6. The molecule has 11 heteroatoms. The van der Waals surface area contributed by atoms with Crippen molar-refractivity contribution in [1.82, 2.24) is 4.90 Å². The number of nitrogens with zero attached hydrogens (tertiary/aromatic N) is 2. The molecule has 0 saturated carbocycles. The first-order chi connectivity index (χ1) is 15.8. The topological polar surface area (TPSA) is 127 Å². The Kier molecular flexibility index (Phi) is 8.84. The van der Waals surface area contributed by atoms with E-state index in [9.17, 15) is 19.7 Å². The van der Waals surface area contributed by atoms with Crippen molar-refractivity contribution in [1.29, 1.82) is 0 Å². The molecule has 0 spiro atoms. The van der Waals surface area contributed by atoms with E-state index >= 15 is 0 Å². The van der Waals surface area contributed by atoms with Crippen LogP contribution in [0.2, 0.25) is 0 Å². The molecule has 0 aliphatic carbocycles. The highest BCUT2D eigenvalue weighted by Crippen LogP contribution is 2.35. The lowest BCUT2D eigenvalue weighted by molar-refractivity contribution is -0.385. The third-order valence-electron chi connectivity index (χ3n) is 4.63. The number of rotatable bonds is 11. The molecule has 2 aromatic rings. The Morgan fingerprint density at radius 1 is 0.939 bits per heavy atom. The van der Waals surface area contributed by atoms with Crippen LogP contribution in [0.15, 0.2) is 30.3 Å². The van der Waals surface area contributed by atoms with Crippen molar-refractivity contribution in [2.45, 2.75) is 13.5 Å². The Morgan fingerprint density at radius 3 is 2.06 bits per heavy atom. The average Bonchev–Trinajstić information content (AvgIpc) is 2.82. The van der Waals surface area contributed by atoms with Crippen LogP contribution in [0, 0.1) is 10.1 Å². The first-order valence-electron chi connectivity index (χ1n) is 9.85. The van der Waals surface area contributed by atoms with Crippen molar-refractivity contribution in [2.75, 3.05) is 41.6 Å². The highest BCUT2D eigenvalue weighted by atomic mass is 16.6. The molecule has 0 radical (unpaired) electrons. The maximum absolute atomic E-state index is 13.4. The quantitative estimate of drug-likeness (QED) is 0.281. The summed E-state index contributed by atoms with van der Waals surface area (Å²) in [4.78, 5) is 37.6. The molecule has 0 bridgehead atoms. The van der Waals surface area contributed by atoms with Gasteiger partial charge in [-0.25, -0.2) is 0 Å². The molecule has 0 unspecified atom stereocenters. The Hall–Kier alpha value is -4.02. The normalized spacial score (nSPS) is 10.2. The van der Waals surface area contributed by atoms with E-state index in [1.165, 1.54) is 34.5 Å². The number of esters is 1. The molecular formula is C22H26N2O9.